The lowest BCUT2D eigenvalue weighted by molar-refractivity contribution is -0.137. The number of benzene rings is 1. The minimum Gasteiger partial charge on any atom is -0.481 e. The topological polar surface area (TPSA) is 49.8 Å². The summed E-state index contributed by atoms with van der Waals surface area (Å²) in [5.41, 5.74) is 1.57. The highest BCUT2D eigenvalue weighted by Crippen LogP contribution is 2.56. The van der Waals surface area contributed by atoms with Crippen molar-refractivity contribution in [1.29, 1.82) is 0 Å². The Morgan fingerprint density at radius 1 is 1.17 bits per heavy atom. The highest BCUT2D eigenvalue weighted by molar-refractivity contribution is 5.66. The van der Waals surface area contributed by atoms with Crippen LogP contribution < -0.4 is 0 Å². The van der Waals surface area contributed by atoms with E-state index in [0.29, 0.717) is 17.9 Å². The van der Waals surface area contributed by atoms with Gasteiger partial charge in [0.25, 0.3) is 0 Å². The molecular formula is C25H35NO3. The normalized spacial score (nSPS) is 32.2. The standard InChI is InChI=1S/C25H35NO3/c27-24(28)14-8-2-1-7-13-22-21(18-26-15-9-4-10-16-26)23-17-25(22,19-29-23)20-11-5-3-6-12-20/h1,3,5-7,11-12,21-23H,2,4,8-10,13-19H2,(H,27,28)/b7-1-/t21-,22-,23-,25-/m0/s1. The molecule has 4 heteroatoms. The van der Waals surface area contributed by atoms with Crippen LogP contribution in [0.25, 0.3) is 0 Å². The summed E-state index contributed by atoms with van der Waals surface area (Å²) in [7, 11) is 0. The summed E-state index contributed by atoms with van der Waals surface area (Å²) in [6.07, 6.45) is 13.0. The highest BCUT2D eigenvalue weighted by atomic mass is 16.5. The van der Waals surface area contributed by atoms with E-state index in [2.05, 4.69) is 47.4 Å². The molecule has 2 bridgehead atoms. The van der Waals surface area contributed by atoms with E-state index in [9.17, 15) is 4.79 Å². The van der Waals surface area contributed by atoms with Gasteiger partial charge in [-0.3, -0.25) is 4.79 Å². The van der Waals surface area contributed by atoms with Gasteiger partial charge in [0.1, 0.15) is 0 Å². The van der Waals surface area contributed by atoms with Crippen molar-refractivity contribution in [2.45, 2.75) is 62.9 Å². The average molecular weight is 398 g/mol. The van der Waals surface area contributed by atoms with Crippen LogP contribution >= 0.6 is 0 Å². The number of nitrogens with zero attached hydrogens (tertiary/aromatic N) is 1. The Hall–Kier alpha value is -1.65. The van der Waals surface area contributed by atoms with Crippen LogP contribution in [-0.4, -0.2) is 48.3 Å². The van der Waals surface area contributed by atoms with Gasteiger partial charge < -0.3 is 14.7 Å². The first-order valence-electron chi connectivity index (χ1n) is 11.5. The van der Waals surface area contributed by atoms with E-state index in [1.807, 2.05) is 0 Å². The van der Waals surface area contributed by atoms with Gasteiger partial charge in [0.2, 0.25) is 0 Å². The average Bonchev–Trinajstić information content (AvgIpc) is 3.30. The molecule has 4 rings (SSSR count). The number of allylic oxidation sites excluding steroid dienone is 2. The number of hydrogen-bond donors (Lipinski definition) is 1. The molecule has 3 fully saturated rings. The molecule has 4 atom stereocenters. The smallest absolute Gasteiger partial charge is 0.303 e. The molecule has 1 aromatic rings. The molecule has 0 unspecified atom stereocenters. The van der Waals surface area contributed by atoms with Crippen LogP contribution in [0.4, 0.5) is 0 Å². The van der Waals surface area contributed by atoms with E-state index in [4.69, 9.17) is 9.84 Å². The predicted octanol–water partition coefficient (Wildman–Crippen LogP) is 4.65. The van der Waals surface area contributed by atoms with Crippen LogP contribution in [0, 0.1) is 11.8 Å². The van der Waals surface area contributed by atoms with E-state index in [1.165, 1.54) is 37.9 Å². The first-order chi connectivity index (χ1) is 14.2. The molecule has 0 aromatic heterocycles. The van der Waals surface area contributed by atoms with Crippen LogP contribution in [0.3, 0.4) is 0 Å². The molecule has 2 saturated heterocycles. The van der Waals surface area contributed by atoms with Gasteiger partial charge in [0, 0.05) is 24.3 Å². The molecule has 1 saturated carbocycles. The minimum absolute atomic E-state index is 0.137. The molecular weight excluding hydrogens is 362 g/mol. The lowest BCUT2D eigenvalue weighted by Crippen LogP contribution is -2.45. The second kappa shape index (κ2) is 9.44. The molecule has 2 heterocycles. The number of rotatable bonds is 9. The van der Waals surface area contributed by atoms with Crippen LogP contribution in [0.15, 0.2) is 42.5 Å². The first-order valence-corrected chi connectivity index (χ1v) is 11.5. The third kappa shape index (κ3) is 4.59. The molecule has 4 nitrogen and oxygen atoms in total. The molecule has 1 aromatic carbocycles. The maximum Gasteiger partial charge on any atom is 0.303 e. The Morgan fingerprint density at radius 2 is 1.97 bits per heavy atom. The molecule has 1 N–H and O–H groups in total. The largest absolute Gasteiger partial charge is 0.481 e. The molecule has 158 valence electrons. The number of piperidine rings is 1. The lowest BCUT2D eigenvalue weighted by Gasteiger charge is -2.41. The molecule has 0 amide bonds. The summed E-state index contributed by atoms with van der Waals surface area (Å²) in [4.78, 5) is 13.4. The predicted molar refractivity (Wildman–Crippen MR) is 115 cm³/mol. The number of carboxylic acids is 1. The molecule has 1 aliphatic carbocycles. The van der Waals surface area contributed by atoms with Crippen molar-refractivity contribution >= 4 is 5.97 Å². The number of unbranched alkanes of at least 4 members (excludes halogenated alkanes) is 1. The van der Waals surface area contributed by atoms with Gasteiger partial charge in [0.15, 0.2) is 0 Å². The van der Waals surface area contributed by atoms with Gasteiger partial charge in [-0.2, -0.15) is 0 Å². The van der Waals surface area contributed by atoms with E-state index in [-0.39, 0.29) is 11.8 Å². The zero-order valence-electron chi connectivity index (χ0n) is 17.5. The van der Waals surface area contributed by atoms with Crippen molar-refractivity contribution in [2.75, 3.05) is 26.2 Å². The van der Waals surface area contributed by atoms with Gasteiger partial charge in [0.05, 0.1) is 12.7 Å². The number of hydrogen-bond acceptors (Lipinski definition) is 3. The van der Waals surface area contributed by atoms with E-state index in [1.54, 1.807) is 0 Å². The number of aliphatic carboxylic acids is 1. The van der Waals surface area contributed by atoms with Crippen molar-refractivity contribution in [3.63, 3.8) is 0 Å². The zero-order chi connectivity index (χ0) is 20.1. The fraction of sp³-hybridized carbons (Fsp3) is 0.640. The Labute approximate surface area is 174 Å². The Bertz CT molecular complexity index is 697. The molecule has 29 heavy (non-hydrogen) atoms. The summed E-state index contributed by atoms with van der Waals surface area (Å²) in [5.74, 6) is 0.486. The van der Waals surface area contributed by atoms with Crippen molar-refractivity contribution in [3.05, 3.63) is 48.0 Å². The Kier molecular flexibility index (Phi) is 6.71. The number of fused-ring (bicyclic) bond motifs is 2. The van der Waals surface area contributed by atoms with Crippen LogP contribution in [-0.2, 0) is 14.9 Å². The fourth-order valence-electron chi connectivity index (χ4n) is 5.94. The molecule has 3 aliphatic rings. The highest BCUT2D eigenvalue weighted by Gasteiger charge is 2.59. The SMILES string of the molecule is O=C(O)CCC/C=C\C[C@H]1[C@H](CN2CCCCC2)[C@@H]2C[C@@]1(c1ccccc1)CO2. The third-order valence-electron chi connectivity index (χ3n) is 7.41. The second-order valence-electron chi connectivity index (χ2n) is 9.20. The van der Waals surface area contributed by atoms with Crippen molar-refractivity contribution in [1.82, 2.24) is 4.90 Å². The lowest BCUT2D eigenvalue weighted by atomic mass is 9.69. The number of carboxylic acid groups (broad SMARTS) is 1. The fourth-order valence-corrected chi connectivity index (χ4v) is 5.94. The van der Waals surface area contributed by atoms with Crippen molar-refractivity contribution in [2.24, 2.45) is 11.8 Å². The Morgan fingerprint density at radius 3 is 2.72 bits per heavy atom. The quantitative estimate of drug-likeness (QED) is 0.487. The molecule has 0 radical (unpaired) electrons. The van der Waals surface area contributed by atoms with E-state index in [0.717, 1.165) is 38.8 Å². The van der Waals surface area contributed by atoms with Crippen LogP contribution in [0.5, 0.6) is 0 Å². The summed E-state index contributed by atoms with van der Waals surface area (Å²) < 4.78 is 6.35. The van der Waals surface area contributed by atoms with Gasteiger partial charge in [-0.25, -0.2) is 0 Å². The molecule has 0 spiro atoms. The maximum atomic E-state index is 10.7. The van der Waals surface area contributed by atoms with E-state index < -0.39 is 5.97 Å². The zero-order valence-corrected chi connectivity index (χ0v) is 17.5. The van der Waals surface area contributed by atoms with Gasteiger partial charge in [-0.15, -0.1) is 0 Å². The summed E-state index contributed by atoms with van der Waals surface area (Å²) in [6.45, 7) is 4.48. The van der Waals surface area contributed by atoms with Crippen LogP contribution in [0.1, 0.15) is 56.9 Å². The number of carbonyl (C=O) groups is 1. The van der Waals surface area contributed by atoms with Gasteiger partial charge >= 0.3 is 5.97 Å². The number of likely N-dealkylation sites (tertiary alicyclic amines) is 1. The monoisotopic (exact) mass is 397 g/mol. The van der Waals surface area contributed by atoms with Crippen molar-refractivity contribution in [3.8, 4) is 0 Å². The molecule has 2 aliphatic heterocycles. The second-order valence-corrected chi connectivity index (χ2v) is 9.20. The van der Waals surface area contributed by atoms with E-state index >= 15 is 0 Å². The minimum atomic E-state index is -0.701. The van der Waals surface area contributed by atoms with Crippen molar-refractivity contribution < 1.29 is 14.6 Å². The Balaban J connectivity index is 1.48. The summed E-state index contributed by atoms with van der Waals surface area (Å²) in [5, 5.41) is 8.82. The number of ether oxygens (including phenoxy) is 1. The van der Waals surface area contributed by atoms with Gasteiger partial charge in [-0.1, -0.05) is 48.9 Å². The third-order valence-corrected chi connectivity index (χ3v) is 7.41. The van der Waals surface area contributed by atoms with Gasteiger partial charge in [-0.05, 0) is 63.1 Å². The summed E-state index contributed by atoms with van der Waals surface area (Å²) >= 11 is 0. The van der Waals surface area contributed by atoms with Crippen LogP contribution in [0.2, 0.25) is 0 Å². The first kappa shape index (κ1) is 20.6. The maximum absolute atomic E-state index is 10.7. The summed E-state index contributed by atoms with van der Waals surface area (Å²) in [6, 6.07) is 11.0.